The van der Waals surface area contributed by atoms with E-state index >= 15 is 0 Å². The normalized spacial score (nSPS) is 17.1. The van der Waals surface area contributed by atoms with Crippen LogP contribution in [0, 0.1) is 24.2 Å². The average Bonchev–Trinajstić information content (AvgIpc) is 3.59. The van der Waals surface area contributed by atoms with Gasteiger partial charge in [0.15, 0.2) is 5.76 Å². The Bertz CT molecular complexity index is 1260. The molecule has 9 nitrogen and oxygen atoms in total. The minimum absolute atomic E-state index is 0.0513. The molecule has 0 bridgehead atoms. The zero-order valence-electron chi connectivity index (χ0n) is 20.3. The highest BCUT2D eigenvalue weighted by molar-refractivity contribution is 5.95. The molecule has 0 unspecified atom stereocenters. The minimum atomic E-state index is -0.0580. The van der Waals surface area contributed by atoms with E-state index in [-0.39, 0.29) is 35.4 Å². The molecule has 2 fully saturated rings. The van der Waals surface area contributed by atoms with Gasteiger partial charge in [0.25, 0.3) is 11.8 Å². The van der Waals surface area contributed by atoms with Gasteiger partial charge in [-0.25, -0.2) is 0 Å². The number of aromatic nitrogens is 1. The van der Waals surface area contributed by atoms with E-state index in [9.17, 15) is 14.9 Å². The zero-order valence-corrected chi connectivity index (χ0v) is 20.3. The van der Waals surface area contributed by atoms with Crippen molar-refractivity contribution >= 4 is 17.7 Å². The Kier molecular flexibility index (Phi) is 6.76. The number of oxazole rings is 1. The number of hydrogen-bond acceptors (Lipinski definition) is 7. The first kappa shape index (κ1) is 23.7. The van der Waals surface area contributed by atoms with Gasteiger partial charge in [-0.2, -0.15) is 10.2 Å². The molecule has 0 atom stereocenters. The third-order valence-electron chi connectivity index (χ3n) is 7.11. The topological polar surface area (TPSA) is 116 Å². The second-order valence-corrected chi connectivity index (χ2v) is 9.41. The van der Waals surface area contributed by atoms with Crippen LogP contribution in [-0.4, -0.2) is 53.9 Å². The van der Waals surface area contributed by atoms with Crippen molar-refractivity contribution in [3.8, 4) is 17.7 Å². The molecule has 2 aliphatic rings. The van der Waals surface area contributed by atoms with Crippen LogP contribution >= 0.6 is 0 Å². The summed E-state index contributed by atoms with van der Waals surface area (Å²) in [5, 5.41) is 12.6. The van der Waals surface area contributed by atoms with E-state index in [1.807, 2.05) is 41.0 Å². The minimum Gasteiger partial charge on any atom is -0.459 e. The number of benzene rings is 1. The third-order valence-corrected chi connectivity index (χ3v) is 7.11. The lowest BCUT2D eigenvalue weighted by atomic mass is 9.93. The van der Waals surface area contributed by atoms with Crippen LogP contribution in [0.5, 0.6) is 0 Å². The molecule has 3 aromatic rings. The molecular formula is C27H29N5O4. The number of nitrogens with zero attached hydrogens (tertiary/aromatic N) is 4. The number of anilines is 1. The van der Waals surface area contributed by atoms with Crippen LogP contribution in [0.15, 0.2) is 51.5 Å². The Balaban J connectivity index is 1.12. The summed E-state index contributed by atoms with van der Waals surface area (Å²) in [4.78, 5) is 34.0. The molecule has 36 heavy (non-hydrogen) atoms. The summed E-state index contributed by atoms with van der Waals surface area (Å²) in [5.41, 5.74) is 1.88. The van der Waals surface area contributed by atoms with E-state index in [0.29, 0.717) is 56.2 Å². The molecule has 186 valence electrons. The summed E-state index contributed by atoms with van der Waals surface area (Å²) in [7, 11) is 0. The number of piperidine rings is 2. The van der Waals surface area contributed by atoms with Gasteiger partial charge in [0, 0.05) is 43.7 Å². The molecule has 2 saturated heterocycles. The lowest BCUT2D eigenvalue weighted by Gasteiger charge is -2.37. The molecule has 2 aliphatic heterocycles. The van der Waals surface area contributed by atoms with Crippen LogP contribution in [0.4, 0.5) is 5.88 Å². The first-order chi connectivity index (χ1) is 17.5. The van der Waals surface area contributed by atoms with Crippen LogP contribution < -0.4 is 10.2 Å². The smallest absolute Gasteiger partial charge is 0.266 e. The first-order valence-electron chi connectivity index (χ1n) is 12.4. The standard InChI is InChI=1S/C27H29N5O4/c1-18-5-2-3-6-21(18)24(33)29-20-10-14-31(15-11-20)26(34)19-8-12-32(13-9-19)27-22(17-28)30-25(36-27)23-7-4-16-35-23/h2-7,16,19-20H,8-15H2,1H3,(H,29,33). The second-order valence-electron chi connectivity index (χ2n) is 9.41. The highest BCUT2D eigenvalue weighted by atomic mass is 16.4. The van der Waals surface area contributed by atoms with Crippen molar-refractivity contribution in [3.63, 3.8) is 0 Å². The predicted octanol–water partition coefficient (Wildman–Crippen LogP) is 3.75. The fourth-order valence-corrected chi connectivity index (χ4v) is 5.03. The highest BCUT2D eigenvalue weighted by Crippen LogP contribution is 2.32. The Morgan fingerprint density at radius 1 is 1.06 bits per heavy atom. The summed E-state index contributed by atoms with van der Waals surface area (Å²) < 4.78 is 11.2. The second kappa shape index (κ2) is 10.3. The zero-order chi connectivity index (χ0) is 25.1. The molecule has 0 aliphatic carbocycles. The van der Waals surface area contributed by atoms with E-state index < -0.39 is 0 Å². The maximum atomic E-state index is 13.2. The SMILES string of the molecule is Cc1ccccc1C(=O)NC1CCN(C(=O)C2CCN(c3oc(-c4ccco4)nc3C#N)CC2)CC1. The van der Waals surface area contributed by atoms with Gasteiger partial charge >= 0.3 is 0 Å². The number of aryl methyl sites for hydroxylation is 1. The first-order valence-corrected chi connectivity index (χ1v) is 12.4. The summed E-state index contributed by atoms with van der Waals surface area (Å²) in [5.74, 6) is 1.25. The van der Waals surface area contributed by atoms with Gasteiger partial charge in [-0.3, -0.25) is 9.59 Å². The number of carbonyl (C=O) groups excluding carboxylic acids is 2. The van der Waals surface area contributed by atoms with E-state index in [4.69, 9.17) is 8.83 Å². The van der Waals surface area contributed by atoms with Crippen LogP contribution in [-0.2, 0) is 4.79 Å². The van der Waals surface area contributed by atoms with E-state index in [1.165, 1.54) is 6.26 Å². The van der Waals surface area contributed by atoms with Crippen LogP contribution in [0.3, 0.4) is 0 Å². The maximum Gasteiger partial charge on any atom is 0.266 e. The van der Waals surface area contributed by atoms with Gasteiger partial charge in [-0.1, -0.05) is 18.2 Å². The molecular weight excluding hydrogens is 458 g/mol. The van der Waals surface area contributed by atoms with Crippen LogP contribution in [0.1, 0.15) is 47.3 Å². The fourth-order valence-electron chi connectivity index (χ4n) is 5.03. The molecule has 0 radical (unpaired) electrons. The van der Waals surface area contributed by atoms with Gasteiger partial charge in [0.05, 0.1) is 6.26 Å². The molecule has 5 rings (SSSR count). The molecule has 0 saturated carbocycles. The monoisotopic (exact) mass is 487 g/mol. The van der Waals surface area contributed by atoms with Gasteiger partial charge in [-0.05, 0) is 56.4 Å². The lowest BCUT2D eigenvalue weighted by molar-refractivity contribution is -0.137. The number of furan rings is 1. The van der Waals surface area contributed by atoms with E-state index in [1.54, 1.807) is 12.1 Å². The van der Waals surface area contributed by atoms with Crippen molar-refractivity contribution in [2.45, 2.75) is 38.6 Å². The van der Waals surface area contributed by atoms with Crippen LogP contribution in [0.2, 0.25) is 0 Å². The quantitative estimate of drug-likeness (QED) is 0.583. The van der Waals surface area contributed by atoms with E-state index in [0.717, 1.165) is 18.4 Å². The fraction of sp³-hybridized carbons (Fsp3) is 0.407. The molecule has 9 heteroatoms. The number of carbonyl (C=O) groups is 2. The van der Waals surface area contributed by atoms with Crippen molar-refractivity contribution in [2.24, 2.45) is 5.92 Å². The Hall–Kier alpha value is -4.06. The van der Waals surface area contributed by atoms with Crippen molar-refractivity contribution in [1.29, 1.82) is 5.26 Å². The number of rotatable bonds is 5. The van der Waals surface area contributed by atoms with Crippen molar-refractivity contribution in [1.82, 2.24) is 15.2 Å². The van der Waals surface area contributed by atoms with Gasteiger partial charge in [-0.15, -0.1) is 0 Å². The van der Waals surface area contributed by atoms with Crippen molar-refractivity contribution < 1.29 is 18.4 Å². The van der Waals surface area contributed by atoms with Crippen LogP contribution in [0.25, 0.3) is 11.7 Å². The Morgan fingerprint density at radius 2 is 1.81 bits per heavy atom. The Labute approximate surface area is 209 Å². The number of amides is 2. The molecule has 1 N–H and O–H groups in total. The maximum absolute atomic E-state index is 13.2. The summed E-state index contributed by atoms with van der Waals surface area (Å²) in [6.07, 6.45) is 4.40. The average molecular weight is 488 g/mol. The van der Waals surface area contributed by atoms with Crippen molar-refractivity contribution in [3.05, 3.63) is 59.5 Å². The Morgan fingerprint density at radius 3 is 2.47 bits per heavy atom. The molecule has 4 heterocycles. The van der Waals surface area contributed by atoms with E-state index in [2.05, 4.69) is 16.4 Å². The number of hydrogen-bond donors (Lipinski definition) is 1. The van der Waals surface area contributed by atoms with Gasteiger partial charge in [0.1, 0.15) is 6.07 Å². The predicted molar refractivity (Wildman–Crippen MR) is 132 cm³/mol. The highest BCUT2D eigenvalue weighted by Gasteiger charge is 2.33. The molecule has 2 amide bonds. The van der Waals surface area contributed by atoms with Gasteiger partial charge < -0.3 is 24.0 Å². The summed E-state index contributed by atoms with van der Waals surface area (Å²) in [6.45, 7) is 4.45. The number of nitrogens with one attached hydrogen (secondary N) is 1. The summed E-state index contributed by atoms with van der Waals surface area (Å²) >= 11 is 0. The number of likely N-dealkylation sites (tertiary alicyclic amines) is 1. The lowest BCUT2D eigenvalue weighted by Crippen LogP contribution is -2.49. The molecule has 0 spiro atoms. The third kappa shape index (κ3) is 4.85. The molecule has 1 aromatic carbocycles. The number of nitriles is 1. The largest absolute Gasteiger partial charge is 0.459 e. The van der Waals surface area contributed by atoms with Crippen molar-refractivity contribution in [2.75, 3.05) is 31.1 Å². The van der Waals surface area contributed by atoms with Gasteiger partial charge in [0.2, 0.25) is 17.5 Å². The summed E-state index contributed by atoms with van der Waals surface area (Å²) in [6, 6.07) is 13.2. The molecule has 2 aromatic heterocycles.